The van der Waals surface area contributed by atoms with E-state index in [-0.39, 0.29) is 36.5 Å². The van der Waals surface area contributed by atoms with Crippen LogP contribution in [0.15, 0.2) is 48.5 Å². The summed E-state index contributed by atoms with van der Waals surface area (Å²) in [5, 5.41) is 3.11. The molecule has 1 fully saturated rings. The van der Waals surface area contributed by atoms with Crippen molar-refractivity contribution in [3.8, 4) is 0 Å². The fraction of sp³-hybridized carbons (Fsp3) is 0.333. The second-order valence-corrected chi connectivity index (χ2v) is 7.01. The van der Waals surface area contributed by atoms with Crippen LogP contribution in [0, 0.1) is 11.7 Å². The lowest BCUT2D eigenvalue weighted by Crippen LogP contribution is -2.37. The van der Waals surface area contributed by atoms with Gasteiger partial charge in [0, 0.05) is 13.0 Å². The summed E-state index contributed by atoms with van der Waals surface area (Å²) in [5.41, 5.74) is 2.69. The van der Waals surface area contributed by atoms with Gasteiger partial charge in [0.2, 0.25) is 11.8 Å². The number of carbonyl (C=O) groups excluding carboxylic acids is 2. The van der Waals surface area contributed by atoms with Gasteiger partial charge in [-0.3, -0.25) is 9.59 Å². The number of anilines is 1. The molecule has 1 aliphatic carbocycles. The smallest absolute Gasteiger partial charge is 0.227 e. The van der Waals surface area contributed by atoms with Gasteiger partial charge in [0.25, 0.3) is 0 Å². The molecule has 2 aliphatic rings. The van der Waals surface area contributed by atoms with Crippen molar-refractivity contribution >= 4 is 17.5 Å². The highest BCUT2D eigenvalue weighted by Crippen LogP contribution is 2.31. The number of hydrogen-bond donors (Lipinski definition) is 1. The molecular weight excluding hydrogens is 331 g/mol. The topological polar surface area (TPSA) is 49.4 Å². The number of amides is 2. The Bertz CT molecular complexity index is 851. The first-order valence-corrected chi connectivity index (χ1v) is 9.06. The average molecular weight is 352 g/mol. The van der Waals surface area contributed by atoms with E-state index in [1.54, 1.807) is 18.2 Å². The number of hydrogen-bond acceptors (Lipinski definition) is 2. The number of nitrogens with zero attached hydrogens (tertiary/aromatic N) is 1. The standard InChI is InChI=1S/C21H21FN2O2/c22-17-9-3-4-11-19(17)24-13-15(12-20(24)25)21(26)23-18-10-5-7-14-6-1-2-8-16(14)18/h1-4,6,8-9,11,15,18H,5,7,10,12-13H2,(H,23,26)/t15-,18+/m1/s1. The Labute approximate surface area is 152 Å². The molecule has 1 heterocycles. The molecular formula is C21H21FN2O2. The van der Waals surface area contributed by atoms with Crippen LogP contribution in [-0.4, -0.2) is 18.4 Å². The lowest BCUT2D eigenvalue weighted by molar-refractivity contribution is -0.127. The molecule has 0 spiro atoms. The Kier molecular flexibility index (Phi) is 4.45. The largest absolute Gasteiger partial charge is 0.349 e. The summed E-state index contributed by atoms with van der Waals surface area (Å²) in [6.45, 7) is 0.222. The van der Waals surface area contributed by atoms with Crippen molar-refractivity contribution in [2.24, 2.45) is 5.92 Å². The van der Waals surface area contributed by atoms with Crippen molar-refractivity contribution in [2.75, 3.05) is 11.4 Å². The van der Waals surface area contributed by atoms with E-state index in [1.807, 2.05) is 12.1 Å². The number of nitrogens with one attached hydrogen (secondary N) is 1. The minimum atomic E-state index is -0.448. The maximum Gasteiger partial charge on any atom is 0.227 e. The third-order valence-corrected chi connectivity index (χ3v) is 5.32. The summed E-state index contributed by atoms with van der Waals surface area (Å²) in [6.07, 6.45) is 3.09. The van der Waals surface area contributed by atoms with E-state index < -0.39 is 11.7 Å². The molecule has 2 amide bonds. The molecule has 1 N–H and O–H groups in total. The summed E-state index contributed by atoms with van der Waals surface area (Å²) in [6, 6.07) is 14.3. The molecule has 1 aliphatic heterocycles. The van der Waals surface area contributed by atoms with Crippen molar-refractivity contribution in [1.82, 2.24) is 5.32 Å². The number of benzene rings is 2. The zero-order valence-electron chi connectivity index (χ0n) is 14.5. The molecule has 1 saturated heterocycles. The normalized spacial score (nSPS) is 22.2. The lowest BCUT2D eigenvalue weighted by atomic mass is 9.87. The van der Waals surface area contributed by atoms with Crippen LogP contribution in [0.2, 0.25) is 0 Å². The summed E-state index contributed by atoms with van der Waals surface area (Å²) >= 11 is 0. The highest BCUT2D eigenvalue weighted by molar-refractivity contribution is 6.00. The second kappa shape index (κ2) is 6.90. The van der Waals surface area contributed by atoms with Crippen LogP contribution in [0.4, 0.5) is 10.1 Å². The van der Waals surface area contributed by atoms with Gasteiger partial charge >= 0.3 is 0 Å². The van der Waals surface area contributed by atoms with Crippen LogP contribution in [0.3, 0.4) is 0 Å². The van der Waals surface area contributed by atoms with Crippen LogP contribution in [0.5, 0.6) is 0 Å². The summed E-state index contributed by atoms with van der Waals surface area (Å²) in [4.78, 5) is 26.4. The number of fused-ring (bicyclic) bond motifs is 1. The van der Waals surface area contributed by atoms with Crippen LogP contribution in [0.1, 0.15) is 36.4 Å². The Morgan fingerprint density at radius 2 is 1.88 bits per heavy atom. The third-order valence-electron chi connectivity index (χ3n) is 5.32. The average Bonchev–Trinajstić information content (AvgIpc) is 3.04. The number of aryl methyl sites for hydroxylation is 1. The quantitative estimate of drug-likeness (QED) is 0.921. The molecule has 0 saturated carbocycles. The Morgan fingerprint density at radius 3 is 2.73 bits per heavy atom. The number of halogens is 1. The molecule has 2 aromatic carbocycles. The SMILES string of the molecule is O=C(N[C@H]1CCCc2ccccc21)[C@@H]1CC(=O)N(c2ccccc2F)C1. The van der Waals surface area contributed by atoms with Crippen molar-refractivity contribution in [1.29, 1.82) is 0 Å². The van der Waals surface area contributed by atoms with E-state index in [0.29, 0.717) is 0 Å². The first-order valence-electron chi connectivity index (χ1n) is 9.06. The number of rotatable bonds is 3. The van der Waals surface area contributed by atoms with Crippen LogP contribution in [0.25, 0.3) is 0 Å². The van der Waals surface area contributed by atoms with Crippen LogP contribution in [-0.2, 0) is 16.0 Å². The molecule has 26 heavy (non-hydrogen) atoms. The fourth-order valence-corrected chi connectivity index (χ4v) is 3.98. The lowest BCUT2D eigenvalue weighted by Gasteiger charge is -2.27. The highest BCUT2D eigenvalue weighted by Gasteiger charge is 2.37. The molecule has 2 atom stereocenters. The molecule has 0 aromatic heterocycles. The summed E-state index contributed by atoms with van der Waals surface area (Å²) < 4.78 is 14.0. The molecule has 0 radical (unpaired) electrons. The fourth-order valence-electron chi connectivity index (χ4n) is 3.98. The molecule has 5 heteroatoms. The van der Waals surface area contributed by atoms with E-state index in [1.165, 1.54) is 22.1 Å². The van der Waals surface area contributed by atoms with E-state index in [4.69, 9.17) is 0 Å². The van der Waals surface area contributed by atoms with Gasteiger partial charge in [-0.25, -0.2) is 4.39 Å². The highest BCUT2D eigenvalue weighted by atomic mass is 19.1. The maximum absolute atomic E-state index is 14.0. The molecule has 4 nitrogen and oxygen atoms in total. The maximum atomic E-state index is 14.0. The second-order valence-electron chi connectivity index (χ2n) is 7.01. The first-order chi connectivity index (χ1) is 12.6. The van der Waals surface area contributed by atoms with Crippen LogP contribution >= 0.6 is 0 Å². The monoisotopic (exact) mass is 352 g/mol. The van der Waals surface area contributed by atoms with E-state index in [9.17, 15) is 14.0 Å². The Balaban J connectivity index is 1.47. The van der Waals surface area contributed by atoms with Gasteiger partial charge in [0.1, 0.15) is 5.82 Å². The van der Waals surface area contributed by atoms with Gasteiger partial charge in [0.15, 0.2) is 0 Å². The number of carbonyl (C=O) groups is 2. The number of para-hydroxylation sites is 1. The van der Waals surface area contributed by atoms with Gasteiger partial charge in [-0.15, -0.1) is 0 Å². The minimum absolute atomic E-state index is 0.00920. The zero-order chi connectivity index (χ0) is 18.1. The summed E-state index contributed by atoms with van der Waals surface area (Å²) in [7, 11) is 0. The van der Waals surface area contributed by atoms with Crippen LogP contribution < -0.4 is 10.2 Å². The third kappa shape index (κ3) is 3.09. The molecule has 134 valence electrons. The van der Waals surface area contributed by atoms with Crippen molar-refractivity contribution in [2.45, 2.75) is 31.7 Å². The summed E-state index contributed by atoms with van der Waals surface area (Å²) in [5.74, 6) is -1.22. The first kappa shape index (κ1) is 16.8. The van der Waals surface area contributed by atoms with Crippen molar-refractivity contribution < 1.29 is 14.0 Å². The molecule has 4 rings (SSSR count). The predicted octanol–water partition coefficient (Wildman–Crippen LogP) is 3.37. The van der Waals surface area contributed by atoms with E-state index in [2.05, 4.69) is 17.4 Å². The van der Waals surface area contributed by atoms with Crippen molar-refractivity contribution in [3.63, 3.8) is 0 Å². The molecule has 0 bridgehead atoms. The van der Waals surface area contributed by atoms with Gasteiger partial charge in [0.05, 0.1) is 17.6 Å². The predicted molar refractivity (Wildman–Crippen MR) is 97.1 cm³/mol. The minimum Gasteiger partial charge on any atom is -0.349 e. The van der Waals surface area contributed by atoms with E-state index >= 15 is 0 Å². The molecule has 2 aromatic rings. The van der Waals surface area contributed by atoms with E-state index in [0.717, 1.165) is 19.3 Å². The van der Waals surface area contributed by atoms with Gasteiger partial charge < -0.3 is 10.2 Å². The van der Waals surface area contributed by atoms with Gasteiger partial charge in [-0.1, -0.05) is 36.4 Å². The zero-order valence-corrected chi connectivity index (χ0v) is 14.5. The van der Waals surface area contributed by atoms with Gasteiger partial charge in [-0.05, 0) is 42.5 Å². The Hall–Kier alpha value is -2.69. The molecule has 0 unspecified atom stereocenters. The Morgan fingerprint density at radius 1 is 1.12 bits per heavy atom. The van der Waals surface area contributed by atoms with Crippen molar-refractivity contribution in [3.05, 3.63) is 65.5 Å². The van der Waals surface area contributed by atoms with Gasteiger partial charge in [-0.2, -0.15) is 0 Å².